The molecule has 3 heterocycles. The largest absolute Gasteiger partial charge is 0.448 e. The van der Waals surface area contributed by atoms with Crippen molar-refractivity contribution in [3.8, 4) is 0 Å². The quantitative estimate of drug-likeness (QED) is 0.770. The van der Waals surface area contributed by atoms with Crippen LogP contribution in [0.2, 0.25) is 0 Å². The Hall–Kier alpha value is -1.73. The summed E-state index contributed by atoms with van der Waals surface area (Å²) in [4.78, 5) is 11.5. The minimum Gasteiger partial charge on any atom is -0.448 e. The molecule has 7 heteroatoms. The second-order valence-electron chi connectivity index (χ2n) is 6.70. The lowest BCUT2D eigenvalue weighted by Crippen LogP contribution is -2.34. The van der Waals surface area contributed by atoms with E-state index in [1.807, 2.05) is 0 Å². The summed E-state index contributed by atoms with van der Waals surface area (Å²) in [6.07, 6.45) is 4.66. The average Bonchev–Trinajstić information content (AvgIpc) is 3.22. The lowest BCUT2D eigenvalue weighted by Gasteiger charge is -2.30. The van der Waals surface area contributed by atoms with E-state index in [1.165, 1.54) is 0 Å². The van der Waals surface area contributed by atoms with Gasteiger partial charge in [-0.1, -0.05) is 19.0 Å². The Morgan fingerprint density at radius 2 is 2.25 bits per heavy atom. The fourth-order valence-electron chi connectivity index (χ4n) is 3.02. The fourth-order valence-corrected chi connectivity index (χ4v) is 3.02. The van der Waals surface area contributed by atoms with Gasteiger partial charge in [0, 0.05) is 32.5 Å². The number of hydrogen-bond donors (Lipinski definition) is 0. The lowest BCUT2D eigenvalue weighted by atomic mass is 9.98. The zero-order valence-corrected chi connectivity index (χ0v) is 14.7. The molecule has 0 spiro atoms. The Morgan fingerprint density at radius 1 is 1.38 bits per heavy atom. The Kier molecular flexibility index (Phi) is 5.63. The highest BCUT2D eigenvalue weighted by molar-refractivity contribution is 5.02. The summed E-state index contributed by atoms with van der Waals surface area (Å²) < 4.78 is 16.0. The molecular weight excluding hydrogens is 308 g/mol. The molecule has 0 radical (unpaired) electrons. The van der Waals surface area contributed by atoms with Crippen LogP contribution >= 0.6 is 0 Å². The van der Waals surface area contributed by atoms with Crippen LogP contribution in [0.3, 0.4) is 0 Å². The molecule has 1 unspecified atom stereocenters. The predicted octanol–water partition coefficient (Wildman–Crippen LogP) is 2.75. The third kappa shape index (κ3) is 4.21. The Labute approximate surface area is 142 Å². The number of rotatable bonds is 7. The van der Waals surface area contributed by atoms with Crippen molar-refractivity contribution in [2.45, 2.75) is 51.5 Å². The zero-order valence-electron chi connectivity index (χ0n) is 14.7. The fraction of sp³-hybridized carbons (Fsp3) is 0.706. The van der Waals surface area contributed by atoms with Crippen molar-refractivity contribution >= 4 is 0 Å². The normalized spacial score (nSPS) is 19.2. The van der Waals surface area contributed by atoms with Crippen molar-refractivity contribution in [2.75, 3.05) is 26.8 Å². The number of piperidine rings is 1. The van der Waals surface area contributed by atoms with Gasteiger partial charge in [0.05, 0.1) is 18.2 Å². The van der Waals surface area contributed by atoms with Crippen LogP contribution in [0.4, 0.5) is 0 Å². The van der Waals surface area contributed by atoms with Crippen LogP contribution in [0, 0.1) is 0 Å². The van der Waals surface area contributed by atoms with Gasteiger partial charge in [-0.05, 0) is 19.4 Å². The summed E-state index contributed by atoms with van der Waals surface area (Å²) in [6.45, 7) is 7.56. The van der Waals surface area contributed by atoms with Crippen molar-refractivity contribution in [1.82, 2.24) is 20.0 Å². The SMILES string of the molecule is COCCc1noc(C2CCCN(Cc3coc(C(C)C)n3)C2)n1. The standard InChI is InChI=1S/C17H26N4O3/c1-12(2)16-18-14(11-23-16)10-21-7-4-5-13(9-21)17-19-15(20-24-17)6-8-22-3/h11-13H,4-10H2,1-3H3. The first-order valence-corrected chi connectivity index (χ1v) is 8.63. The summed E-state index contributed by atoms with van der Waals surface area (Å²) in [5, 5.41) is 4.05. The smallest absolute Gasteiger partial charge is 0.231 e. The van der Waals surface area contributed by atoms with E-state index in [0.717, 1.165) is 55.8 Å². The molecule has 1 aliphatic rings. The van der Waals surface area contributed by atoms with E-state index in [4.69, 9.17) is 13.7 Å². The molecule has 1 fully saturated rings. The van der Waals surface area contributed by atoms with Gasteiger partial charge in [-0.2, -0.15) is 4.98 Å². The lowest BCUT2D eigenvalue weighted by molar-refractivity contribution is 0.178. The van der Waals surface area contributed by atoms with Crippen LogP contribution in [0.25, 0.3) is 0 Å². The van der Waals surface area contributed by atoms with Gasteiger partial charge >= 0.3 is 0 Å². The minimum absolute atomic E-state index is 0.291. The molecule has 0 amide bonds. The number of aromatic nitrogens is 3. The molecule has 0 N–H and O–H groups in total. The van der Waals surface area contributed by atoms with Crippen LogP contribution in [-0.2, 0) is 17.7 Å². The Bertz CT molecular complexity index is 637. The summed E-state index contributed by atoms with van der Waals surface area (Å²) >= 11 is 0. The molecule has 0 aromatic carbocycles. The van der Waals surface area contributed by atoms with Crippen molar-refractivity contribution < 1.29 is 13.7 Å². The van der Waals surface area contributed by atoms with E-state index < -0.39 is 0 Å². The van der Waals surface area contributed by atoms with E-state index in [9.17, 15) is 0 Å². The molecule has 24 heavy (non-hydrogen) atoms. The second-order valence-corrected chi connectivity index (χ2v) is 6.70. The molecule has 0 bridgehead atoms. The molecule has 0 aliphatic carbocycles. The summed E-state index contributed by atoms with van der Waals surface area (Å²) in [5.74, 6) is 2.88. The number of oxazole rings is 1. The van der Waals surface area contributed by atoms with Gasteiger partial charge in [-0.15, -0.1) is 0 Å². The van der Waals surface area contributed by atoms with E-state index in [2.05, 4.69) is 33.9 Å². The Balaban J connectivity index is 1.58. The number of hydrogen-bond acceptors (Lipinski definition) is 7. The first kappa shape index (κ1) is 17.1. The van der Waals surface area contributed by atoms with E-state index in [-0.39, 0.29) is 0 Å². The second kappa shape index (κ2) is 7.90. The maximum Gasteiger partial charge on any atom is 0.231 e. The highest BCUT2D eigenvalue weighted by atomic mass is 16.5. The number of likely N-dealkylation sites (tertiary alicyclic amines) is 1. The van der Waals surface area contributed by atoms with Gasteiger partial charge in [0.2, 0.25) is 5.89 Å². The van der Waals surface area contributed by atoms with Crippen molar-refractivity contribution in [2.24, 2.45) is 0 Å². The predicted molar refractivity (Wildman–Crippen MR) is 87.7 cm³/mol. The van der Waals surface area contributed by atoms with E-state index in [1.54, 1.807) is 13.4 Å². The van der Waals surface area contributed by atoms with E-state index >= 15 is 0 Å². The zero-order chi connectivity index (χ0) is 16.9. The van der Waals surface area contributed by atoms with Crippen LogP contribution in [0.1, 0.15) is 61.8 Å². The molecule has 1 saturated heterocycles. The third-order valence-electron chi connectivity index (χ3n) is 4.32. The van der Waals surface area contributed by atoms with Gasteiger partial charge in [0.1, 0.15) is 6.26 Å². The summed E-state index contributed by atoms with van der Waals surface area (Å²) in [7, 11) is 1.68. The highest BCUT2D eigenvalue weighted by Gasteiger charge is 2.26. The van der Waals surface area contributed by atoms with Crippen molar-refractivity contribution in [1.29, 1.82) is 0 Å². The third-order valence-corrected chi connectivity index (χ3v) is 4.32. The van der Waals surface area contributed by atoms with Crippen LogP contribution in [-0.4, -0.2) is 46.8 Å². The van der Waals surface area contributed by atoms with Crippen LogP contribution in [0.5, 0.6) is 0 Å². The molecule has 7 nitrogen and oxygen atoms in total. The topological polar surface area (TPSA) is 77.4 Å². The summed E-state index contributed by atoms with van der Waals surface area (Å²) in [6, 6.07) is 0. The monoisotopic (exact) mass is 334 g/mol. The van der Waals surface area contributed by atoms with Gasteiger partial charge < -0.3 is 13.7 Å². The van der Waals surface area contributed by atoms with Crippen LogP contribution < -0.4 is 0 Å². The number of ether oxygens (including phenoxy) is 1. The first-order chi connectivity index (χ1) is 11.7. The maximum absolute atomic E-state index is 5.53. The van der Waals surface area contributed by atoms with Gasteiger partial charge in [0.15, 0.2) is 11.7 Å². The minimum atomic E-state index is 0.291. The van der Waals surface area contributed by atoms with Crippen molar-refractivity contribution in [3.63, 3.8) is 0 Å². The number of methoxy groups -OCH3 is 1. The van der Waals surface area contributed by atoms with Gasteiger partial charge in [0.25, 0.3) is 0 Å². The molecular formula is C17H26N4O3. The van der Waals surface area contributed by atoms with Gasteiger partial charge in [-0.3, -0.25) is 4.90 Å². The molecule has 0 saturated carbocycles. The average molecular weight is 334 g/mol. The maximum atomic E-state index is 5.53. The number of nitrogens with zero attached hydrogens (tertiary/aromatic N) is 4. The van der Waals surface area contributed by atoms with Gasteiger partial charge in [-0.25, -0.2) is 4.98 Å². The Morgan fingerprint density at radius 3 is 3.00 bits per heavy atom. The van der Waals surface area contributed by atoms with Crippen molar-refractivity contribution in [3.05, 3.63) is 29.6 Å². The van der Waals surface area contributed by atoms with Crippen LogP contribution in [0.15, 0.2) is 15.2 Å². The molecule has 2 aromatic heterocycles. The van der Waals surface area contributed by atoms with E-state index in [0.29, 0.717) is 24.9 Å². The highest BCUT2D eigenvalue weighted by Crippen LogP contribution is 2.27. The molecule has 1 aliphatic heterocycles. The molecule has 3 rings (SSSR count). The molecule has 1 atom stereocenters. The molecule has 2 aromatic rings. The first-order valence-electron chi connectivity index (χ1n) is 8.63. The molecule has 132 valence electrons. The summed E-state index contributed by atoms with van der Waals surface area (Å²) in [5.41, 5.74) is 0.991.